The van der Waals surface area contributed by atoms with Crippen LogP contribution in [0.3, 0.4) is 0 Å². The highest BCUT2D eigenvalue weighted by Crippen LogP contribution is 2.33. The van der Waals surface area contributed by atoms with Crippen molar-refractivity contribution in [3.63, 3.8) is 0 Å². The zero-order valence-corrected chi connectivity index (χ0v) is 13.2. The molecule has 5 nitrogen and oxygen atoms in total. The zero-order valence-electron chi connectivity index (χ0n) is 13.2. The third-order valence-corrected chi connectivity index (χ3v) is 4.15. The standard InChI is InChI=1S/C17H20FN3O2/c1-11(2)21-9-13(8-19-21)17(23)20-10-15(22)7-16(20)12-4-3-5-14(18)6-12/h3-6,8-9,11,15-16,22H,7,10H2,1-2H3. The topological polar surface area (TPSA) is 58.4 Å². The van der Waals surface area contributed by atoms with Crippen molar-refractivity contribution in [2.45, 2.75) is 38.5 Å². The number of aromatic nitrogens is 2. The van der Waals surface area contributed by atoms with Gasteiger partial charge in [0.05, 0.1) is 23.9 Å². The van der Waals surface area contributed by atoms with E-state index in [2.05, 4.69) is 5.10 Å². The third-order valence-electron chi connectivity index (χ3n) is 4.15. The van der Waals surface area contributed by atoms with Crippen LogP contribution < -0.4 is 0 Å². The van der Waals surface area contributed by atoms with Crippen LogP contribution in [0.25, 0.3) is 0 Å². The molecule has 23 heavy (non-hydrogen) atoms. The number of halogens is 1. The predicted molar refractivity (Wildman–Crippen MR) is 83.4 cm³/mol. The Balaban J connectivity index is 1.88. The summed E-state index contributed by atoms with van der Waals surface area (Å²) in [6, 6.07) is 6.03. The summed E-state index contributed by atoms with van der Waals surface area (Å²) in [5.41, 5.74) is 1.18. The summed E-state index contributed by atoms with van der Waals surface area (Å²) >= 11 is 0. The number of benzene rings is 1. The van der Waals surface area contributed by atoms with Gasteiger partial charge in [-0.05, 0) is 38.0 Å². The predicted octanol–water partition coefficient (Wildman–Crippen LogP) is 2.55. The van der Waals surface area contributed by atoms with Crippen molar-refractivity contribution in [2.24, 2.45) is 0 Å². The summed E-state index contributed by atoms with van der Waals surface area (Å²) < 4.78 is 15.2. The highest BCUT2D eigenvalue weighted by molar-refractivity contribution is 5.94. The number of amides is 1. The first kappa shape index (κ1) is 15.7. The van der Waals surface area contributed by atoms with E-state index >= 15 is 0 Å². The minimum atomic E-state index is -0.604. The van der Waals surface area contributed by atoms with Crippen LogP contribution in [0.1, 0.15) is 48.3 Å². The highest BCUT2D eigenvalue weighted by atomic mass is 19.1. The van der Waals surface area contributed by atoms with Gasteiger partial charge < -0.3 is 10.0 Å². The van der Waals surface area contributed by atoms with Gasteiger partial charge in [-0.25, -0.2) is 4.39 Å². The summed E-state index contributed by atoms with van der Waals surface area (Å²) in [6.07, 6.45) is 3.05. The maximum Gasteiger partial charge on any atom is 0.257 e. The van der Waals surface area contributed by atoms with E-state index in [0.29, 0.717) is 17.5 Å². The number of hydrogen-bond acceptors (Lipinski definition) is 3. The number of β-amino-alcohol motifs (C(OH)–C–C–N with tert-alkyl or cyclic N) is 1. The summed E-state index contributed by atoms with van der Waals surface area (Å²) in [4.78, 5) is 14.4. The van der Waals surface area contributed by atoms with Gasteiger partial charge in [-0.2, -0.15) is 5.10 Å². The SMILES string of the molecule is CC(C)n1cc(C(=O)N2CC(O)CC2c2cccc(F)c2)cn1. The van der Waals surface area contributed by atoms with Gasteiger partial charge in [-0.1, -0.05) is 12.1 Å². The van der Waals surface area contributed by atoms with E-state index in [4.69, 9.17) is 0 Å². The minimum Gasteiger partial charge on any atom is -0.391 e. The molecule has 1 aliphatic rings. The molecular formula is C17H20FN3O2. The molecule has 1 amide bonds. The highest BCUT2D eigenvalue weighted by Gasteiger charge is 2.36. The molecule has 1 aromatic carbocycles. The van der Waals surface area contributed by atoms with E-state index in [9.17, 15) is 14.3 Å². The second-order valence-electron chi connectivity index (χ2n) is 6.22. The molecular weight excluding hydrogens is 297 g/mol. The van der Waals surface area contributed by atoms with Crippen LogP contribution in [-0.2, 0) is 0 Å². The van der Waals surface area contributed by atoms with E-state index in [1.165, 1.54) is 18.3 Å². The Hall–Kier alpha value is -2.21. The molecule has 2 heterocycles. The lowest BCUT2D eigenvalue weighted by atomic mass is 10.0. The van der Waals surface area contributed by atoms with Gasteiger partial charge in [-0.3, -0.25) is 9.48 Å². The number of carbonyl (C=O) groups excluding carboxylic acids is 1. The molecule has 3 rings (SSSR count). The van der Waals surface area contributed by atoms with Gasteiger partial charge >= 0.3 is 0 Å². The molecule has 0 aliphatic carbocycles. The molecule has 0 spiro atoms. The van der Waals surface area contributed by atoms with Crippen molar-refractivity contribution in [1.82, 2.24) is 14.7 Å². The van der Waals surface area contributed by atoms with Crippen LogP contribution in [0.4, 0.5) is 4.39 Å². The van der Waals surface area contributed by atoms with Crippen molar-refractivity contribution in [3.8, 4) is 0 Å². The third kappa shape index (κ3) is 3.12. The largest absolute Gasteiger partial charge is 0.391 e. The van der Waals surface area contributed by atoms with Gasteiger partial charge in [0.2, 0.25) is 0 Å². The van der Waals surface area contributed by atoms with Crippen LogP contribution in [0, 0.1) is 5.82 Å². The fourth-order valence-electron chi connectivity index (χ4n) is 2.96. The van der Waals surface area contributed by atoms with E-state index < -0.39 is 6.10 Å². The van der Waals surface area contributed by atoms with Crippen molar-refractivity contribution in [3.05, 3.63) is 53.6 Å². The van der Waals surface area contributed by atoms with Crippen molar-refractivity contribution < 1.29 is 14.3 Å². The first-order chi connectivity index (χ1) is 11.0. The van der Waals surface area contributed by atoms with Crippen LogP contribution in [-0.4, -0.2) is 38.3 Å². The van der Waals surface area contributed by atoms with Crippen molar-refractivity contribution >= 4 is 5.91 Å². The average molecular weight is 317 g/mol. The smallest absolute Gasteiger partial charge is 0.257 e. The Kier molecular flexibility index (Phi) is 4.17. The molecule has 0 saturated carbocycles. The summed E-state index contributed by atoms with van der Waals surface area (Å²) in [6.45, 7) is 4.21. The number of rotatable bonds is 3. The van der Waals surface area contributed by atoms with Crippen LogP contribution >= 0.6 is 0 Å². The van der Waals surface area contributed by atoms with E-state index in [-0.39, 0.29) is 30.4 Å². The van der Waals surface area contributed by atoms with Gasteiger partial charge in [0.15, 0.2) is 0 Å². The summed E-state index contributed by atoms with van der Waals surface area (Å²) in [7, 11) is 0. The number of aliphatic hydroxyl groups excluding tert-OH is 1. The lowest BCUT2D eigenvalue weighted by Crippen LogP contribution is -2.31. The molecule has 1 fully saturated rings. The number of nitrogens with zero attached hydrogens (tertiary/aromatic N) is 3. The number of aliphatic hydroxyl groups is 1. The molecule has 2 atom stereocenters. The normalized spacial score (nSPS) is 21.2. The Bertz CT molecular complexity index is 713. The van der Waals surface area contributed by atoms with Crippen LogP contribution in [0.5, 0.6) is 0 Å². The van der Waals surface area contributed by atoms with Crippen LogP contribution in [0.15, 0.2) is 36.7 Å². The molecule has 1 aliphatic heterocycles. The summed E-state index contributed by atoms with van der Waals surface area (Å²) in [5.74, 6) is -0.536. The van der Waals surface area contributed by atoms with E-state index in [1.807, 2.05) is 13.8 Å². The van der Waals surface area contributed by atoms with Crippen LogP contribution in [0.2, 0.25) is 0 Å². The maximum atomic E-state index is 13.5. The van der Waals surface area contributed by atoms with Crippen molar-refractivity contribution in [2.75, 3.05) is 6.54 Å². The molecule has 1 aromatic heterocycles. The second-order valence-corrected chi connectivity index (χ2v) is 6.22. The first-order valence-corrected chi connectivity index (χ1v) is 7.74. The molecule has 0 radical (unpaired) electrons. The summed E-state index contributed by atoms with van der Waals surface area (Å²) in [5, 5.41) is 14.2. The molecule has 2 aromatic rings. The van der Waals surface area contributed by atoms with Gasteiger partial charge in [-0.15, -0.1) is 0 Å². The molecule has 0 bridgehead atoms. The van der Waals surface area contributed by atoms with Gasteiger partial charge in [0, 0.05) is 18.8 Å². The molecule has 1 N–H and O–H groups in total. The van der Waals surface area contributed by atoms with Gasteiger partial charge in [0.1, 0.15) is 5.82 Å². The van der Waals surface area contributed by atoms with Gasteiger partial charge in [0.25, 0.3) is 5.91 Å². The Labute approximate surface area is 134 Å². The fraction of sp³-hybridized carbons (Fsp3) is 0.412. The number of hydrogen-bond donors (Lipinski definition) is 1. The second kappa shape index (κ2) is 6.12. The molecule has 2 unspecified atom stereocenters. The lowest BCUT2D eigenvalue weighted by molar-refractivity contribution is 0.0715. The Morgan fingerprint density at radius 3 is 2.87 bits per heavy atom. The quantitative estimate of drug-likeness (QED) is 0.946. The number of carbonyl (C=O) groups is 1. The Morgan fingerprint density at radius 1 is 1.43 bits per heavy atom. The lowest BCUT2D eigenvalue weighted by Gasteiger charge is -2.24. The molecule has 6 heteroatoms. The first-order valence-electron chi connectivity index (χ1n) is 7.74. The average Bonchev–Trinajstić information content (AvgIpc) is 3.13. The minimum absolute atomic E-state index is 0.166. The van der Waals surface area contributed by atoms with E-state index in [1.54, 1.807) is 27.9 Å². The zero-order chi connectivity index (χ0) is 16.6. The van der Waals surface area contributed by atoms with E-state index in [0.717, 1.165) is 0 Å². The number of likely N-dealkylation sites (tertiary alicyclic amines) is 1. The Morgan fingerprint density at radius 2 is 2.22 bits per heavy atom. The molecule has 1 saturated heterocycles. The maximum absolute atomic E-state index is 13.5. The monoisotopic (exact) mass is 317 g/mol. The molecule has 122 valence electrons. The van der Waals surface area contributed by atoms with Crippen molar-refractivity contribution in [1.29, 1.82) is 0 Å². The fourth-order valence-corrected chi connectivity index (χ4v) is 2.96.